The second-order valence-electron chi connectivity index (χ2n) is 9.00. The van der Waals surface area contributed by atoms with Crippen LogP contribution in [0.25, 0.3) is 11.1 Å². The van der Waals surface area contributed by atoms with Crippen molar-refractivity contribution in [2.45, 2.75) is 64.4 Å². The van der Waals surface area contributed by atoms with Crippen LogP contribution < -0.4 is 5.43 Å². The molecule has 1 aromatic heterocycles. The fraction of sp³-hybridized carbons (Fsp3) is 0.458. The SMILES string of the molecule is CC(=O)c1cn(C)cc(-c2ccc(C3(C(=O)OC(C)(C)C)CCCC3)cc2)c1=O. The number of aryl methyl sites for hydroxylation is 1. The summed E-state index contributed by atoms with van der Waals surface area (Å²) < 4.78 is 7.46. The van der Waals surface area contributed by atoms with Gasteiger partial charge in [-0.3, -0.25) is 14.4 Å². The Morgan fingerprint density at radius 2 is 1.62 bits per heavy atom. The second-order valence-corrected chi connectivity index (χ2v) is 9.00. The third-order valence-corrected chi connectivity index (χ3v) is 5.53. The third-order valence-electron chi connectivity index (χ3n) is 5.53. The molecule has 0 aliphatic heterocycles. The van der Waals surface area contributed by atoms with E-state index in [1.807, 2.05) is 45.0 Å². The van der Waals surface area contributed by atoms with Gasteiger partial charge >= 0.3 is 5.97 Å². The van der Waals surface area contributed by atoms with Gasteiger partial charge in [-0.05, 0) is 51.7 Å². The quantitative estimate of drug-likeness (QED) is 0.568. The van der Waals surface area contributed by atoms with Crippen molar-refractivity contribution in [3.05, 3.63) is 58.0 Å². The molecule has 154 valence electrons. The summed E-state index contributed by atoms with van der Waals surface area (Å²) in [7, 11) is 1.79. The predicted molar refractivity (Wildman–Crippen MR) is 113 cm³/mol. The lowest BCUT2D eigenvalue weighted by atomic mass is 9.78. The zero-order chi connectivity index (χ0) is 21.4. The normalized spacial score (nSPS) is 15.9. The predicted octanol–water partition coefficient (Wildman–Crippen LogP) is 4.41. The summed E-state index contributed by atoms with van der Waals surface area (Å²) in [5.41, 5.74) is 0.872. The number of ketones is 1. The monoisotopic (exact) mass is 395 g/mol. The number of rotatable bonds is 4. The number of hydrogen-bond acceptors (Lipinski definition) is 4. The summed E-state index contributed by atoms with van der Waals surface area (Å²) in [4.78, 5) is 37.6. The molecule has 1 aliphatic carbocycles. The maximum Gasteiger partial charge on any atom is 0.317 e. The number of Topliss-reactive ketones (excluding diaryl/α,β-unsaturated/α-hetero) is 1. The first-order valence-electron chi connectivity index (χ1n) is 10.1. The topological polar surface area (TPSA) is 65.4 Å². The third kappa shape index (κ3) is 4.19. The molecule has 29 heavy (non-hydrogen) atoms. The van der Waals surface area contributed by atoms with Gasteiger partial charge in [-0.15, -0.1) is 0 Å². The maximum atomic E-state index is 13.0. The van der Waals surface area contributed by atoms with Gasteiger partial charge in [-0.1, -0.05) is 37.1 Å². The van der Waals surface area contributed by atoms with E-state index in [1.165, 1.54) is 6.92 Å². The molecular formula is C24H29NO4. The van der Waals surface area contributed by atoms with Crippen LogP contribution in [0.4, 0.5) is 0 Å². The van der Waals surface area contributed by atoms with E-state index in [-0.39, 0.29) is 22.7 Å². The molecule has 1 heterocycles. The highest BCUT2D eigenvalue weighted by Gasteiger charge is 2.45. The summed E-state index contributed by atoms with van der Waals surface area (Å²) >= 11 is 0. The van der Waals surface area contributed by atoms with Crippen molar-refractivity contribution in [3.63, 3.8) is 0 Å². The number of hydrogen-bond donors (Lipinski definition) is 0. The lowest BCUT2D eigenvalue weighted by Crippen LogP contribution is -2.39. The molecule has 1 fully saturated rings. The van der Waals surface area contributed by atoms with Crippen molar-refractivity contribution in [3.8, 4) is 11.1 Å². The first-order chi connectivity index (χ1) is 13.5. The van der Waals surface area contributed by atoms with E-state index in [0.717, 1.165) is 36.8 Å². The highest BCUT2D eigenvalue weighted by Crippen LogP contribution is 2.43. The first kappa shape index (κ1) is 21.0. The zero-order valence-electron chi connectivity index (χ0n) is 17.9. The van der Waals surface area contributed by atoms with Gasteiger partial charge in [0.2, 0.25) is 0 Å². The summed E-state index contributed by atoms with van der Waals surface area (Å²) in [5.74, 6) is -0.427. The van der Waals surface area contributed by atoms with E-state index >= 15 is 0 Å². The molecule has 0 N–H and O–H groups in total. The molecule has 0 amide bonds. The fourth-order valence-electron chi connectivity index (χ4n) is 4.10. The van der Waals surface area contributed by atoms with Crippen LogP contribution in [0.15, 0.2) is 41.5 Å². The van der Waals surface area contributed by atoms with E-state index in [9.17, 15) is 14.4 Å². The van der Waals surface area contributed by atoms with Crippen molar-refractivity contribution >= 4 is 11.8 Å². The van der Waals surface area contributed by atoms with Crippen LogP contribution >= 0.6 is 0 Å². The highest BCUT2D eigenvalue weighted by atomic mass is 16.6. The summed E-state index contributed by atoms with van der Waals surface area (Å²) in [5, 5.41) is 0. The molecule has 1 aliphatic rings. The van der Waals surface area contributed by atoms with Crippen molar-refractivity contribution < 1.29 is 14.3 Å². The highest BCUT2D eigenvalue weighted by molar-refractivity contribution is 5.94. The molecule has 1 saturated carbocycles. The molecule has 1 aromatic carbocycles. The Kier molecular flexibility index (Phi) is 5.52. The maximum absolute atomic E-state index is 13.0. The average molecular weight is 395 g/mol. The first-order valence-corrected chi connectivity index (χ1v) is 10.1. The summed E-state index contributed by atoms with van der Waals surface area (Å²) in [6.07, 6.45) is 6.79. The van der Waals surface area contributed by atoms with Gasteiger partial charge in [-0.25, -0.2) is 0 Å². The number of benzene rings is 1. The minimum absolute atomic E-state index is 0.176. The lowest BCUT2D eigenvalue weighted by Gasteiger charge is -2.31. The van der Waals surface area contributed by atoms with E-state index in [0.29, 0.717) is 5.56 Å². The molecule has 5 heteroatoms. The minimum Gasteiger partial charge on any atom is -0.459 e. The fourth-order valence-corrected chi connectivity index (χ4v) is 4.10. The standard InChI is InChI=1S/C24H29NO4/c1-16(26)19-14-25(5)15-20(21(19)27)17-8-10-18(11-9-17)24(12-6-7-13-24)22(28)29-23(2,3)4/h8-11,14-15H,6-7,12-13H2,1-5H3. The van der Waals surface area contributed by atoms with Gasteiger partial charge in [-0.2, -0.15) is 0 Å². The van der Waals surface area contributed by atoms with Gasteiger partial charge in [0.15, 0.2) is 11.2 Å². The van der Waals surface area contributed by atoms with Crippen LogP contribution in [0.3, 0.4) is 0 Å². The molecular weight excluding hydrogens is 366 g/mol. The molecule has 0 bridgehead atoms. The number of nitrogens with zero attached hydrogens (tertiary/aromatic N) is 1. The zero-order valence-corrected chi connectivity index (χ0v) is 17.9. The van der Waals surface area contributed by atoms with Crippen LogP contribution in [-0.4, -0.2) is 21.9 Å². The Hall–Kier alpha value is -2.69. The number of esters is 1. The number of ether oxygens (including phenoxy) is 1. The Morgan fingerprint density at radius 1 is 1.03 bits per heavy atom. The largest absolute Gasteiger partial charge is 0.459 e. The Bertz CT molecular complexity index is 987. The molecule has 2 aromatic rings. The van der Waals surface area contributed by atoms with Crippen molar-refractivity contribution in [1.29, 1.82) is 0 Å². The molecule has 0 spiro atoms. The molecule has 5 nitrogen and oxygen atoms in total. The number of carbonyl (C=O) groups excluding carboxylic acids is 2. The van der Waals surface area contributed by atoms with Crippen LogP contribution in [0.2, 0.25) is 0 Å². The Labute approximate surface area is 171 Å². The number of carbonyl (C=O) groups is 2. The van der Waals surface area contributed by atoms with Crippen molar-refractivity contribution in [1.82, 2.24) is 4.57 Å². The van der Waals surface area contributed by atoms with Gasteiger partial charge < -0.3 is 9.30 Å². The van der Waals surface area contributed by atoms with E-state index in [1.54, 1.807) is 24.0 Å². The van der Waals surface area contributed by atoms with Gasteiger partial charge in [0.25, 0.3) is 0 Å². The van der Waals surface area contributed by atoms with Gasteiger partial charge in [0.05, 0.1) is 11.0 Å². The van der Waals surface area contributed by atoms with Crippen LogP contribution in [-0.2, 0) is 22.0 Å². The second kappa shape index (κ2) is 7.62. The molecule has 0 saturated heterocycles. The van der Waals surface area contributed by atoms with Crippen molar-refractivity contribution in [2.75, 3.05) is 0 Å². The van der Waals surface area contributed by atoms with Crippen LogP contribution in [0.1, 0.15) is 69.3 Å². The van der Waals surface area contributed by atoms with Gasteiger partial charge in [0, 0.05) is 25.0 Å². The molecule has 0 radical (unpaired) electrons. The van der Waals surface area contributed by atoms with Crippen LogP contribution in [0, 0.1) is 0 Å². The molecule has 3 rings (SSSR count). The average Bonchev–Trinajstić information content (AvgIpc) is 3.13. The van der Waals surface area contributed by atoms with E-state index in [4.69, 9.17) is 4.74 Å². The van der Waals surface area contributed by atoms with Crippen molar-refractivity contribution in [2.24, 2.45) is 7.05 Å². The summed E-state index contributed by atoms with van der Waals surface area (Å²) in [6.45, 7) is 7.05. The van der Waals surface area contributed by atoms with Crippen LogP contribution in [0.5, 0.6) is 0 Å². The smallest absolute Gasteiger partial charge is 0.317 e. The Morgan fingerprint density at radius 3 is 2.14 bits per heavy atom. The van der Waals surface area contributed by atoms with E-state index in [2.05, 4.69) is 0 Å². The summed E-state index contributed by atoms with van der Waals surface area (Å²) in [6, 6.07) is 7.57. The molecule has 0 atom stereocenters. The number of aromatic nitrogens is 1. The minimum atomic E-state index is -0.627. The van der Waals surface area contributed by atoms with Gasteiger partial charge in [0.1, 0.15) is 5.60 Å². The number of pyridine rings is 1. The Balaban J connectivity index is 2.01. The molecule has 0 unspecified atom stereocenters. The van der Waals surface area contributed by atoms with E-state index < -0.39 is 11.0 Å². The lowest BCUT2D eigenvalue weighted by molar-refractivity contribution is -0.162.